The quantitative estimate of drug-likeness (QED) is 0.589. The maximum Gasteiger partial charge on any atom is 0.315 e. The van der Waals surface area contributed by atoms with E-state index in [1.165, 1.54) is 0 Å². The minimum absolute atomic E-state index is 0.0873. The fraction of sp³-hybridized carbons (Fsp3) is 0.480. The van der Waals surface area contributed by atoms with Crippen LogP contribution < -0.4 is 20.1 Å². The Morgan fingerprint density at radius 2 is 1.84 bits per heavy atom. The second kappa shape index (κ2) is 12.3. The molecule has 1 aliphatic rings. The van der Waals surface area contributed by atoms with Crippen molar-refractivity contribution in [2.45, 2.75) is 26.4 Å². The minimum atomic E-state index is -0.196. The molecule has 0 aromatic heterocycles. The van der Waals surface area contributed by atoms with Crippen molar-refractivity contribution in [3.8, 4) is 11.5 Å². The summed E-state index contributed by atoms with van der Waals surface area (Å²) in [6.07, 6.45) is 0. The van der Waals surface area contributed by atoms with Crippen molar-refractivity contribution in [2.24, 2.45) is 5.92 Å². The lowest BCUT2D eigenvalue weighted by atomic mass is 9.96. The van der Waals surface area contributed by atoms with Gasteiger partial charge in [-0.15, -0.1) is 0 Å². The molecule has 0 bridgehead atoms. The summed E-state index contributed by atoms with van der Waals surface area (Å²) in [6, 6.07) is 15.4. The third-order valence-corrected chi connectivity index (χ3v) is 5.56. The molecular formula is C25H35N3O4. The van der Waals surface area contributed by atoms with E-state index in [-0.39, 0.29) is 18.0 Å². The van der Waals surface area contributed by atoms with Gasteiger partial charge in [-0.1, -0.05) is 38.1 Å². The number of urea groups is 1. The van der Waals surface area contributed by atoms with Gasteiger partial charge in [-0.3, -0.25) is 4.90 Å². The van der Waals surface area contributed by atoms with E-state index in [1.807, 2.05) is 48.5 Å². The molecule has 0 aliphatic carbocycles. The van der Waals surface area contributed by atoms with Gasteiger partial charge in [0.2, 0.25) is 0 Å². The van der Waals surface area contributed by atoms with Crippen LogP contribution in [-0.4, -0.2) is 57.5 Å². The maximum absolute atomic E-state index is 12.6. The zero-order chi connectivity index (χ0) is 22.8. The number of methoxy groups -OCH3 is 1. The van der Waals surface area contributed by atoms with E-state index in [4.69, 9.17) is 14.2 Å². The fourth-order valence-electron chi connectivity index (χ4n) is 3.68. The van der Waals surface area contributed by atoms with E-state index < -0.39 is 0 Å². The second-order valence-electron chi connectivity index (χ2n) is 8.27. The highest BCUT2D eigenvalue weighted by atomic mass is 16.5. The molecule has 3 rings (SSSR count). The molecule has 1 unspecified atom stereocenters. The lowest BCUT2D eigenvalue weighted by Gasteiger charge is -2.26. The molecule has 1 aliphatic heterocycles. The maximum atomic E-state index is 12.6. The Hall–Kier alpha value is -2.77. The van der Waals surface area contributed by atoms with Gasteiger partial charge in [0, 0.05) is 26.2 Å². The Bertz CT molecular complexity index is 835. The van der Waals surface area contributed by atoms with E-state index in [1.54, 1.807) is 7.11 Å². The molecule has 174 valence electrons. The molecule has 2 N–H and O–H groups in total. The molecular weight excluding hydrogens is 406 g/mol. The monoisotopic (exact) mass is 441 g/mol. The van der Waals surface area contributed by atoms with E-state index in [0.717, 1.165) is 55.5 Å². The Balaban J connectivity index is 1.47. The predicted molar refractivity (Wildman–Crippen MR) is 125 cm³/mol. The van der Waals surface area contributed by atoms with Gasteiger partial charge in [-0.05, 0) is 41.3 Å². The van der Waals surface area contributed by atoms with Crippen molar-refractivity contribution < 1.29 is 19.0 Å². The number of carbonyl (C=O) groups is 1. The molecule has 1 fully saturated rings. The molecule has 1 saturated heterocycles. The zero-order valence-corrected chi connectivity index (χ0v) is 19.3. The lowest BCUT2D eigenvalue weighted by Crippen LogP contribution is -2.39. The molecule has 2 amide bonds. The van der Waals surface area contributed by atoms with E-state index in [0.29, 0.717) is 13.2 Å². The Labute approximate surface area is 191 Å². The Morgan fingerprint density at radius 3 is 2.53 bits per heavy atom. The van der Waals surface area contributed by atoms with E-state index in [2.05, 4.69) is 29.4 Å². The van der Waals surface area contributed by atoms with Gasteiger partial charge in [-0.25, -0.2) is 4.79 Å². The number of nitrogens with zero attached hydrogens (tertiary/aromatic N) is 1. The molecule has 1 heterocycles. The number of benzene rings is 2. The first kappa shape index (κ1) is 23.9. The predicted octanol–water partition coefficient (Wildman–Crippen LogP) is 3.60. The number of rotatable bonds is 10. The second-order valence-corrected chi connectivity index (χ2v) is 8.27. The topological polar surface area (TPSA) is 72.1 Å². The lowest BCUT2D eigenvalue weighted by molar-refractivity contribution is 0.0322. The normalized spacial score (nSPS) is 15.2. The van der Waals surface area contributed by atoms with Crippen molar-refractivity contribution in [3.63, 3.8) is 0 Å². The van der Waals surface area contributed by atoms with E-state index >= 15 is 0 Å². The van der Waals surface area contributed by atoms with Crippen molar-refractivity contribution >= 4 is 6.03 Å². The molecule has 2 aromatic carbocycles. The smallest absolute Gasteiger partial charge is 0.315 e. The van der Waals surface area contributed by atoms with Gasteiger partial charge in [0.05, 0.1) is 26.4 Å². The number of carbonyl (C=O) groups excluding carboxylic acids is 1. The summed E-state index contributed by atoms with van der Waals surface area (Å²) in [6.45, 7) is 9.62. The highest BCUT2D eigenvalue weighted by Crippen LogP contribution is 2.24. The molecule has 7 nitrogen and oxygen atoms in total. The number of amides is 2. The average Bonchev–Trinajstić information content (AvgIpc) is 2.82. The average molecular weight is 442 g/mol. The number of hydrogen-bond acceptors (Lipinski definition) is 5. The highest BCUT2D eigenvalue weighted by molar-refractivity contribution is 5.74. The first-order valence-corrected chi connectivity index (χ1v) is 11.3. The number of morpholine rings is 1. The summed E-state index contributed by atoms with van der Waals surface area (Å²) in [5, 5.41) is 6.05. The summed E-state index contributed by atoms with van der Waals surface area (Å²) >= 11 is 0. The van der Waals surface area contributed by atoms with Gasteiger partial charge in [0.15, 0.2) is 0 Å². The zero-order valence-electron chi connectivity index (χ0n) is 19.3. The minimum Gasteiger partial charge on any atom is -0.497 e. The van der Waals surface area contributed by atoms with Crippen molar-refractivity contribution in [1.82, 2.24) is 15.5 Å². The standard InChI is InChI=1S/C25H35N3O4/c1-19(2)24(21-7-9-22(30-3)10-8-21)27-25(29)26-18-20-5-4-6-23(17-20)32-16-13-28-11-14-31-15-12-28/h4-10,17,19,24H,11-16,18H2,1-3H3,(H2,26,27,29). The molecule has 7 heteroatoms. The Morgan fingerprint density at radius 1 is 1.09 bits per heavy atom. The molecule has 2 aromatic rings. The van der Waals surface area contributed by atoms with Crippen LogP contribution in [0.25, 0.3) is 0 Å². The highest BCUT2D eigenvalue weighted by Gasteiger charge is 2.18. The first-order valence-electron chi connectivity index (χ1n) is 11.3. The first-order chi connectivity index (χ1) is 15.5. The van der Waals surface area contributed by atoms with Crippen molar-refractivity contribution in [1.29, 1.82) is 0 Å². The molecule has 1 atom stereocenters. The van der Waals surface area contributed by atoms with Crippen LogP contribution in [0.3, 0.4) is 0 Å². The summed E-state index contributed by atoms with van der Waals surface area (Å²) in [5.74, 6) is 1.86. The van der Waals surface area contributed by atoms with Crippen LogP contribution in [0.2, 0.25) is 0 Å². The third-order valence-electron chi connectivity index (χ3n) is 5.56. The van der Waals surface area contributed by atoms with Crippen LogP contribution in [0, 0.1) is 5.92 Å². The molecule has 32 heavy (non-hydrogen) atoms. The molecule has 0 radical (unpaired) electrons. The fourth-order valence-corrected chi connectivity index (χ4v) is 3.68. The number of nitrogens with one attached hydrogen (secondary N) is 2. The van der Waals surface area contributed by atoms with Crippen molar-refractivity contribution in [2.75, 3.05) is 46.6 Å². The van der Waals surface area contributed by atoms with E-state index in [9.17, 15) is 4.79 Å². The van der Waals surface area contributed by atoms with Gasteiger partial charge < -0.3 is 24.8 Å². The van der Waals surface area contributed by atoms with Gasteiger partial charge in [0.25, 0.3) is 0 Å². The van der Waals surface area contributed by atoms with Crippen LogP contribution in [-0.2, 0) is 11.3 Å². The van der Waals surface area contributed by atoms with Crippen LogP contribution in [0.1, 0.15) is 31.0 Å². The van der Waals surface area contributed by atoms with Gasteiger partial charge >= 0.3 is 6.03 Å². The van der Waals surface area contributed by atoms with Crippen LogP contribution >= 0.6 is 0 Å². The van der Waals surface area contributed by atoms with Gasteiger partial charge in [-0.2, -0.15) is 0 Å². The molecule has 0 saturated carbocycles. The molecule has 0 spiro atoms. The third kappa shape index (κ3) is 7.43. The van der Waals surface area contributed by atoms with Crippen LogP contribution in [0.15, 0.2) is 48.5 Å². The summed E-state index contributed by atoms with van der Waals surface area (Å²) in [5.41, 5.74) is 2.04. The number of hydrogen-bond donors (Lipinski definition) is 2. The van der Waals surface area contributed by atoms with Crippen molar-refractivity contribution in [3.05, 3.63) is 59.7 Å². The van der Waals surface area contributed by atoms with Crippen LogP contribution in [0.4, 0.5) is 4.79 Å². The SMILES string of the molecule is COc1ccc(C(NC(=O)NCc2cccc(OCCN3CCOCC3)c2)C(C)C)cc1. The van der Waals surface area contributed by atoms with Gasteiger partial charge in [0.1, 0.15) is 18.1 Å². The summed E-state index contributed by atoms with van der Waals surface area (Å²) < 4.78 is 16.5. The summed E-state index contributed by atoms with van der Waals surface area (Å²) in [4.78, 5) is 14.9. The van der Waals surface area contributed by atoms with Crippen LogP contribution in [0.5, 0.6) is 11.5 Å². The Kier molecular flexibility index (Phi) is 9.19. The number of ether oxygens (including phenoxy) is 3. The summed E-state index contributed by atoms with van der Waals surface area (Å²) in [7, 11) is 1.64. The largest absolute Gasteiger partial charge is 0.497 e.